The number of nitriles is 1. The summed E-state index contributed by atoms with van der Waals surface area (Å²) < 4.78 is 2.91. The number of likely N-dealkylation sites (tertiary alicyclic amines) is 1. The first-order valence-electron chi connectivity index (χ1n) is 12.9. The van der Waals surface area contributed by atoms with Gasteiger partial charge in [-0.15, -0.1) is 0 Å². The van der Waals surface area contributed by atoms with Gasteiger partial charge in [0.2, 0.25) is 11.8 Å². The van der Waals surface area contributed by atoms with Crippen molar-refractivity contribution in [1.82, 2.24) is 19.0 Å². The Morgan fingerprint density at radius 1 is 1.11 bits per heavy atom. The molecule has 3 aliphatic rings. The van der Waals surface area contributed by atoms with E-state index in [0.717, 1.165) is 31.2 Å². The second-order valence-corrected chi connectivity index (χ2v) is 10.9. The molecule has 4 aromatic rings. The van der Waals surface area contributed by atoms with E-state index < -0.39 is 5.41 Å². The predicted molar refractivity (Wildman–Crippen MR) is 141 cm³/mol. The molecule has 4 heterocycles. The Bertz CT molecular complexity index is 1730. The second kappa shape index (κ2) is 8.20. The van der Waals surface area contributed by atoms with Crippen LogP contribution in [0.25, 0.3) is 16.5 Å². The highest BCUT2D eigenvalue weighted by Gasteiger charge is 2.54. The summed E-state index contributed by atoms with van der Waals surface area (Å²) in [6, 6.07) is 16.3. The molecular weight excluding hydrogens is 502 g/mol. The number of hydrogen-bond acceptors (Lipinski definition) is 5. The van der Waals surface area contributed by atoms with Crippen molar-refractivity contribution in [3.05, 3.63) is 87.2 Å². The van der Waals surface area contributed by atoms with Crippen molar-refractivity contribution in [3.8, 4) is 17.6 Å². The molecule has 2 aromatic carbocycles. The molecule has 1 aliphatic carbocycles. The summed E-state index contributed by atoms with van der Waals surface area (Å²) in [5.41, 5.74) is 1.13. The van der Waals surface area contributed by atoms with Crippen molar-refractivity contribution in [2.24, 2.45) is 0 Å². The molecule has 2 bridgehead atoms. The lowest BCUT2D eigenvalue weighted by atomic mass is 9.77. The zero-order valence-electron chi connectivity index (χ0n) is 20.5. The summed E-state index contributed by atoms with van der Waals surface area (Å²) in [6.45, 7) is 0.432. The molecule has 9 heteroatoms. The van der Waals surface area contributed by atoms with Gasteiger partial charge in [0.05, 0.1) is 29.4 Å². The maximum absolute atomic E-state index is 14.2. The number of amides is 1. The van der Waals surface area contributed by atoms with Gasteiger partial charge in [-0.1, -0.05) is 60.8 Å². The molecule has 1 N–H and O–H groups in total. The van der Waals surface area contributed by atoms with Gasteiger partial charge < -0.3 is 10.0 Å². The van der Waals surface area contributed by atoms with Gasteiger partial charge in [0, 0.05) is 22.3 Å². The van der Waals surface area contributed by atoms with Crippen LogP contribution in [0.3, 0.4) is 0 Å². The van der Waals surface area contributed by atoms with E-state index in [1.807, 2.05) is 41.3 Å². The third-order valence-electron chi connectivity index (χ3n) is 8.70. The van der Waals surface area contributed by atoms with Crippen LogP contribution < -0.4 is 5.69 Å². The molecule has 2 fully saturated rings. The summed E-state index contributed by atoms with van der Waals surface area (Å²) in [7, 11) is 0. The average Bonchev–Trinajstić information content (AvgIpc) is 3.72. The van der Waals surface area contributed by atoms with Crippen LogP contribution in [0.1, 0.15) is 61.1 Å². The fraction of sp³-hybridized carbons (Fsp3) is 0.310. The number of aromatic nitrogens is 3. The molecule has 8 nitrogen and oxygen atoms in total. The van der Waals surface area contributed by atoms with Crippen molar-refractivity contribution in [1.29, 1.82) is 5.26 Å². The SMILES string of the molecule is N#Cc1ncc(-n2c(O)c3n(c2=O)[C@@H]2CC3N(C(=O)C3(c4ccc(Cl)cc4)CCCC3)C2)c2ccccc12. The molecular formula is C29H24ClN5O3. The highest BCUT2D eigenvalue weighted by Crippen LogP contribution is 2.52. The standard InChI is InChI=1S/C29H24ClN5O3/c30-18-9-7-17(8-10-18)29(11-3-4-12-29)27(37)33-16-19-13-23(33)25-26(36)35(28(38)34(19)25)24-15-32-22(14-31)20-5-1-2-6-21(20)24/h1-2,5-10,15,19,23,36H,3-4,11-13,16H2/t19-,23?/m1/s1. The number of halogens is 1. The maximum Gasteiger partial charge on any atom is 0.336 e. The van der Waals surface area contributed by atoms with Crippen molar-refractivity contribution >= 4 is 28.3 Å². The van der Waals surface area contributed by atoms with E-state index in [1.165, 1.54) is 10.8 Å². The minimum Gasteiger partial charge on any atom is -0.493 e. The molecule has 2 aromatic heterocycles. The number of rotatable bonds is 3. The van der Waals surface area contributed by atoms with Gasteiger partial charge in [-0.3, -0.25) is 9.36 Å². The Hall–Kier alpha value is -4.09. The zero-order chi connectivity index (χ0) is 26.2. The van der Waals surface area contributed by atoms with Crippen LogP contribution in [0.2, 0.25) is 5.02 Å². The first-order chi connectivity index (χ1) is 18.4. The fourth-order valence-corrected chi connectivity index (χ4v) is 7.11. The summed E-state index contributed by atoms with van der Waals surface area (Å²) in [4.78, 5) is 34.0. The molecule has 1 saturated carbocycles. The largest absolute Gasteiger partial charge is 0.493 e. The monoisotopic (exact) mass is 525 g/mol. The van der Waals surface area contributed by atoms with Gasteiger partial charge in [-0.05, 0) is 37.0 Å². The number of imidazole rings is 1. The van der Waals surface area contributed by atoms with Crippen LogP contribution in [0.15, 0.2) is 59.5 Å². The third-order valence-corrected chi connectivity index (χ3v) is 8.95. The lowest BCUT2D eigenvalue weighted by Gasteiger charge is -2.37. The van der Waals surface area contributed by atoms with Gasteiger partial charge >= 0.3 is 5.69 Å². The minimum absolute atomic E-state index is 0.0566. The van der Waals surface area contributed by atoms with Crippen LogP contribution in [0.4, 0.5) is 0 Å². The van der Waals surface area contributed by atoms with Crippen LogP contribution in [0, 0.1) is 11.3 Å². The predicted octanol–water partition coefficient (Wildman–Crippen LogP) is 4.76. The topological polar surface area (TPSA) is 104 Å². The molecule has 2 atom stereocenters. The molecule has 0 spiro atoms. The first-order valence-corrected chi connectivity index (χ1v) is 13.2. The quantitative estimate of drug-likeness (QED) is 0.415. The van der Waals surface area contributed by atoms with E-state index in [-0.39, 0.29) is 35.3 Å². The van der Waals surface area contributed by atoms with Crippen molar-refractivity contribution < 1.29 is 9.90 Å². The molecule has 0 radical (unpaired) electrons. The number of aromatic hydroxyl groups is 1. The smallest absolute Gasteiger partial charge is 0.336 e. The van der Waals surface area contributed by atoms with Gasteiger partial charge in [-0.25, -0.2) is 14.3 Å². The van der Waals surface area contributed by atoms with Crippen LogP contribution in [0.5, 0.6) is 5.88 Å². The van der Waals surface area contributed by atoms with E-state index in [4.69, 9.17) is 11.6 Å². The Morgan fingerprint density at radius 2 is 1.82 bits per heavy atom. The Balaban J connectivity index is 1.32. The van der Waals surface area contributed by atoms with E-state index in [0.29, 0.717) is 40.1 Å². The van der Waals surface area contributed by atoms with Gasteiger partial charge in [0.15, 0.2) is 0 Å². The number of carbonyl (C=O) groups is 1. The van der Waals surface area contributed by atoms with Crippen molar-refractivity contribution in [2.45, 2.75) is 49.6 Å². The van der Waals surface area contributed by atoms with Crippen molar-refractivity contribution in [3.63, 3.8) is 0 Å². The van der Waals surface area contributed by atoms with Gasteiger partial charge in [-0.2, -0.15) is 5.26 Å². The number of nitrogens with zero attached hydrogens (tertiary/aromatic N) is 5. The Kier molecular flexibility index (Phi) is 4.98. The van der Waals surface area contributed by atoms with E-state index in [2.05, 4.69) is 11.1 Å². The number of fused-ring (bicyclic) bond motifs is 6. The number of carbonyl (C=O) groups excluding carboxylic acids is 1. The normalized spacial score (nSPS) is 21.1. The highest BCUT2D eigenvalue weighted by molar-refractivity contribution is 6.30. The Morgan fingerprint density at radius 3 is 2.53 bits per heavy atom. The molecule has 2 aliphatic heterocycles. The second-order valence-electron chi connectivity index (χ2n) is 10.5. The van der Waals surface area contributed by atoms with Gasteiger partial charge in [0.25, 0.3) is 0 Å². The van der Waals surface area contributed by atoms with E-state index in [9.17, 15) is 20.0 Å². The van der Waals surface area contributed by atoms with E-state index >= 15 is 0 Å². The Labute approximate surface area is 223 Å². The van der Waals surface area contributed by atoms with Gasteiger partial charge in [0.1, 0.15) is 17.5 Å². The number of pyridine rings is 1. The molecule has 190 valence electrons. The number of hydrogen-bond donors (Lipinski definition) is 1. The molecule has 1 saturated heterocycles. The first kappa shape index (κ1) is 23.1. The number of benzene rings is 2. The average molecular weight is 526 g/mol. The molecule has 7 rings (SSSR count). The van der Waals surface area contributed by atoms with Crippen LogP contribution in [-0.4, -0.2) is 36.6 Å². The summed E-state index contributed by atoms with van der Waals surface area (Å²) >= 11 is 6.14. The highest BCUT2D eigenvalue weighted by atomic mass is 35.5. The minimum atomic E-state index is -0.619. The van der Waals surface area contributed by atoms with Crippen LogP contribution in [-0.2, 0) is 10.2 Å². The molecule has 38 heavy (non-hydrogen) atoms. The molecule has 1 amide bonds. The van der Waals surface area contributed by atoms with Crippen molar-refractivity contribution in [2.75, 3.05) is 6.54 Å². The summed E-state index contributed by atoms with van der Waals surface area (Å²) in [6.07, 6.45) is 5.54. The summed E-state index contributed by atoms with van der Waals surface area (Å²) in [5, 5.41) is 22.8. The molecule has 1 unspecified atom stereocenters. The lowest BCUT2D eigenvalue weighted by Crippen LogP contribution is -2.47. The fourth-order valence-electron chi connectivity index (χ4n) is 6.98. The maximum atomic E-state index is 14.2. The summed E-state index contributed by atoms with van der Waals surface area (Å²) in [5.74, 6) is -0.121. The van der Waals surface area contributed by atoms with E-state index in [1.54, 1.807) is 16.7 Å². The van der Waals surface area contributed by atoms with Crippen LogP contribution >= 0.6 is 11.6 Å². The zero-order valence-corrected chi connectivity index (χ0v) is 21.2. The lowest BCUT2D eigenvalue weighted by molar-refractivity contribution is -0.139. The third kappa shape index (κ3) is 2.99.